The maximum atomic E-state index is 12.8. The van der Waals surface area contributed by atoms with Crippen LogP contribution in [-0.2, 0) is 5.41 Å². The van der Waals surface area contributed by atoms with Crippen LogP contribution >= 0.6 is 0 Å². The van der Waals surface area contributed by atoms with Gasteiger partial charge in [-0.05, 0) is 11.0 Å². The highest BCUT2D eigenvalue weighted by atomic mass is 16.1. The fourth-order valence-electron chi connectivity index (χ4n) is 3.30. The predicted molar refractivity (Wildman–Crippen MR) is 134 cm³/mol. The fraction of sp³-hybridized carbons (Fsp3) is 0.211. The number of nitrogens with zero attached hydrogens (tertiary/aromatic N) is 1. The maximum absolute atomic E-state index is 12.8. The summed E-state index contributed by atoms with van der Waals surface area (Å²) in [6.45, 7) is 5.84. The number of aromatic nitrogens is 4. The van der Waals surface area contributed by atoms with E-state index in [1.807, 2.05) is 20.8 Å². The van der Waals surface area contributed by atoms with Crippen LogP contribution in [0.15, 0.2) is 15.9 Å². The Morgan fingerprint density at radius 2 is 1.22 bits per heavy atom. The summed E-state index contributed by atoms with van der Waals surface area (Å²) in [5, 5.41) is -0.479. The molecule has 2 aromatic heterocycles. The van der Waals surface area contributed by atoms with Crippen molar-refractivity contribution >= 4 is 93.2 Å². The van der Waals surface area contributed by atoms with Crippen molar-refractivity contribution in [3.8, 4) is 0 Å². The Kier molecular flexibility index (Phi) is 6.24. The van der Waals surface area contributed by atoms with Gasteiger partial charge in [0.1, 0.15) is 65.6 Å². The SMILES string of the molecule is [B]/C(c1nc[nH]c1C(C)(C)C)=c1/[nH]c(=O)/c(=C(\[B])c2c([B])c([B])c([B])c([B])c2[B])[nH]c1=O. The fourth-order valence-corrected chi connectivity index (χ4v) is 3.30. The molecule has 3 rings (SSSR count). The highest BCUT2D eigenvalue weighted by molar-refractivity contribution is 6.69. The number of benzene rings is 1. The van der Waals surface area contributed by atoms with Gasteiger partial charge in [-0.15, -0.1) is 16.4 Å². The Hall–Kier alpha value is -2.70. The van der Waals surface area contributed by atoms with Gasteiger partial charge in [0.05, 0.1) is 12.0 Å². The van der Waals surface area contributed by atoms with Crippen molar-refractivity contribution in [2.45, 2.75) is 26.2 Å². The number of H-pyrrole nitrogens is 3. The van der Waals surface area contributed by atoms with Crippen molar-refractivity contribution in [3.63, 3.8) is 0 Å². The molecule has 0 aliphatic heterocycles. The molecule has 0 unspecified atom stereocenters. The second-order valence-electron chi connectivity index (χ2n) is 8.31. The van der Waals surface area contributed by atoms with E-state index >= 15 is 0 Å². The molecule has 0 amide bonds. The van der Waals surface area contributed by atoms with Gasteiger partial charge in [0.25, 0.3) is 11.1 Å². The van der Waals surface area contributed by atoms with Crippen LogP contribution in [-0.4, -0.2) is 74.9 Å². The molecule has 0 atom stereocenters. The van der Waals surface area contributed by atoms with Gasteiger partial charge in [-0.2, -0.15) is 0 Å². The zero-order valence-electron chi connectivity index (χ0n) is 17.9. The molecule has 142 valence electrons. The molecule has 0 fully saturated rings. The quantitative estimate of drug-likeness (QED) is 0.371. The summed E-state index contributed by atoms with van der Waals surface area (Å²) in [4.78, 5) is 37.7. The van der Waals surface area contributed by atoms with Crippen molar-refractivity contribution in [1.29, 1.82) is 0 Å². The topological polar surface area (TPSA) is 94.4 Å². The molecule has 6 nitrogen and oxygen atoms in total. The summed E-state index contributed by atoms with van der Waals surface area (Å²) in [5.74, 6) is 0. The Morgan fingerprint density at radius 1 is 0.781 bits per heavy atom. The zero-order valence-corrected chi connectivity index (χ0v) is 17.9. The molecule has 0 saturated heterocycles. The predicted octanol–water partition coefficient (Wildman–Crippen LogP) is -6.30. The molecule has 0 spiro atoms. The van der Waals surface area contributed by atoms with E-state index in [-0.39, 0.29) is 59.9 Å². The first-order chi connectivity index (χ1) is 14.8. The van der Waals surface area contributed by atoms with Gasteiger partial charge in [-0.3, -0.25) is 9.59 Å². The van der Waals surface area contributed by atoms with Gasteiger partial charge in [0, 0.05) is 11.1 Å². The highest BCUT2D eigenvalue weighted by Gasteiger charge is 2.21. The van der Waals surface area contributed by atoms with E-state index in [0.717, 1.165) is 0 Å². The van der Waals surface area contributed by atoms with Crippen molar-refractivity contribution in [2.24, 2.45) is 0 Å². The minimum absolute atomic E-state index is 0.00895. The van der Waals surface area contributed by atoms with Crippen LogP contribution in [0, 0.1) is 0 Å². The molecule has 13 heteroatoms. The number of hydrogen-bond acceptors (Lipinski definition) is 3. The summed E-state index contributed by atoms with van der Waals surface area (Å²) in [7, 11) is 41.8. The summed E-state index contributed by atoms with van der Waals surface area (Å²) < 4.78 is 0. The third-order valence-corrected chi connectivity index (χ3v) is 5.08. The van der Waals surface area contributed by atoms with Gasteiger partial charge in [-0.25, -0.2) is 4.98 Å². The number of hydrogen-bond donors (Lipinski definition) is 3. The average Bonchev–Trinajstić information content (AvgIpc) is 3.22. The van der Waals surface area contributed by atoms with E-state index < -0.39 is 11.1 Å². The van der Waals surface area contributed by atoms with Crippen LogP contribution in [0.1, 0.15) is 37.7 Å². The molecule has 0 aliphatic carbocycles. The number of rotatable bonds is 2. The summed E-state index contributed by atoms with van der Waals surface area (Å²) in [6.07, 6.45) is 1.46. The summed E-state index contributed by atoms with van der Waals surface area (Å²) in [6, 6.07) is 0. The first-order valence-electron chi connectivity index (χ1n) is 9.45. The standard InChI is InChI=1S/C19H13B7N4O2/c1-19(2,3)16-13(27-4-28-16)12(26)15-18(32)29-14(17(31)30-15)8(22)5-6(20)9(23)11(25)10(24)7(5)21/h4H,1-3H3,(H,27,28)(H,29,32)(H,30,31)/b14-8+,15-12+. The van der Waals surface area contributed by atoms with Crippen LogP contribution < -0.4 is 49.1 Å². The molecular formula is C19H13B7N4O2. The van der Waals surface area contributed by atoms with Crippen molar-refractivity contribution in [2.75, 3.05) is 0 Å². The summed E-state index contributed by atoms with van der Waals surface area (Å²) >= 11 is 0. The molecule has 3 aromatic rings. The van der Waals surface area contributed by atoms with Gasteiger partial charge in [-0.1, -0.05) is 37.2 Å². The first-order valence-corrected chi connectivity index (χ1v) is 9.45. The zero-order chi connectivity index (χ0) is 24.1. The lowest BCUT2D eigenvalue weighted by Crippen LogP contribution is -2.57. The van der Waals surface area contributed by atoms with Crippen LogP contribution in [0.4, 0.5) is 0 Å². The van der Waals surface area contributed by atoms with Crippen molar-refractivity contribution in [1.82, 2.24) is 19.9 Å². The average molecular weight is 405 g/mol. The van der Waals surface area contributed by atoms with Crippen LogP contribution in [0.3, 0.4) is 0 Å². The highest BCUT2D eigenvalue weighted by Crippen LogP contribution is 2.24. The molecule has 3 N–H and O–H groups in total. The number of aromatic amines is 3. The monoisotopic (exact) mass is 406 g/mol. The molecular weight excluding hydrogens is 392 g/mol. The summed E-state index contributed by atoms with van der Waals surface area (Å²) in [5.41, 5.74) is -1.28. The molecule has 0 saturated carbocycles. The van der Waals surface area contributed by atoms with E-state index in [9.17, 15) is 9.59 Å². The third-order valence-electron chi connectivity index (χ3n) is 5.08. The third kappa shape index (κ3) is 3.93. The Bertz CT molecular complexity index is 1450. The van der Waals surface area contributed by atoms with E-state index in [1.165, 1.54) is 6.33 Å². The Morgan fingerprint density at radius 3 is 1.69 bits per heavy atom. The molecule has 2 heterocycles. The van der Waals surface area contributed by atoms with Gasteiger partial charge >= 0.3 is 0 Å². The number of imidazole rings is 1. The van der Waals surface area contributed by atoms with E-state index in [1.54, 1.807) is 0 Å². The van der Waals surface area contributed by atoms with E-state index in [2.05, 4.69) is 19.9 Å². The smallest absolute Gasteiger partial charge is 0.271 e. The largest absolute Gasteiger partial charge is 0.348 e. The van der Waals surface area contributed by atoms with Gasteiger partial charge in [0.2, 0.25) is 0 Å². The first kappa shape index (κ1) is 24.0. The normalized spacial score (nSPS) is 13.7. The number of nitrogens with one attached hydrogen (secondary N) is 3. The van der Waals surface area contributed by atoms with Crippen molar-refractivity contribution < 1.29 is 0 Å². The minimum atomic E-state index is -0.749. The van der Waals surface area contributed by atoms with Crippen LogP contribution in [0.25, 0.3) is 10.9 Å². The second kappa shape index (κ2) is 8.34. The van der Waals surface area contributed by atoms with Crippen LogP contribution in [0.5, 0.6) is 0 Å². The minimum Gasteiger partial charge on any atom is -0.348 e. The van der Waals surface area contributed by atoms with Crippen molar-refractivity contribution in [3.05, 3.63) is 54.7 Å². The second-order valence-corrected chi connectivity index (χ2v) is 8.31. The molecule has 14 radical (unpaired) electrons. The molecule has 32 heavy (non-hydrogen) atoms. The lowest BCUT2D eigenvalue weighted by molar-refractivity contribution is 0.571. The van der Waals surface area contributed by atoms with E-state index in [0.29, 0.717) is 11.4 Å². The molecule has 0 aliphatic rings. The van der Waals surface area contributed by atoms with Gasteiger partial charge < -0.3 is 15.0 Å². The molecule has 1 aromatic carbocycles. The molecule has 0 bridgehead atoms. The lowest BCUT2D eigenvalue weighted by Gasteiger charge is -2.21. The maximum Gasteiger partial charge on any atom is 0.271 e. The van der Waals surface area contributed by atoms with E-state index in [4.69, 9.17) is 54.9 Å². The Balaban J connectivity index is 2.37. The van der Waals surface area contributed by atoms with Crippen LogP contribution in [0.2, 0.25) is 0 Å². The van der Waals surface area contributed by atoms with Gasteiger partial charge in [0.15, 0.2) is 0 Å². The lowest BCUT2D eigenvalue weighted by atomic mass is 9.58. The Labute approximate surface area is 194 Å².